The summed E-state index contributed by atoms with van der Waals surface area (Å²) in [4.78, 5) is 21.3. The molecule has 4 aromatic heterocycles. The van der Waals surface area contributed by atoms with Gasteiger partial charge < -0.3 is 9.32 Å². The van der Waals surface area contributed by atoms with Crippen molar-refractivity contribution in [1.29, 1.82) is 0 Å². The fourth-order valence-electron chi connectivity index (χ4n) is 3.42. The average Bonchev–Trinajstić information content (AvgIpc) is 3.57. The van der Waals surface area contributed by atoms with Gasteiger partial charge in [-0.25, -0.2) is 4.98 Å². The van der Waals surface area contributed by atoms with Gasteiger partial charge in [-0.05, 0) is 35.7 Å². The number of halogens is 1. The van der Waals surface area contributed by atoms with Gasteiger partial charge in [0, 0.05) is 40.8 Å². The van der Waals surface area contributed by atoms with E-state index in [4.69, 9.17) is 21.0 Å². The molecule has 8 heteroatoms. The highest BCUT2D eigenvalue weighted by Crippen LogP contribution is 2.25. The number of benzene rings is 1. The monoisotopic (exact) mass is 467 g/mol. The average molecular weight is 468 g/mol. The van der Waals surface area contributed by atoms with Crippen molar-refractivity contribution < 1.29 is 9.21 Å². The molecule has 0 saturated carbocycles. The van der Waals surface area contributed by atoms with E-state index in [2.05, 4.69) is 9.78 Å². The third-order valence-corrected chi connectivity index (χ3v) is 7.01. The zero-order valence-corrected chi connectivity index (χ0v) is 18.8. The molecule has 0 saturated heterocycles. The molecule has 5 nitrogen and oxygen atoms in total. The minimum atomic E-state index is 0.0188. The molecule has 0 bridgehead atoms. The summed E-state index contributed by atoms with van der Waals surface area (Å²) in [5, 5.41) is 4.73. The Balaban J connectivity index is 1.37. The number of carbonyl (C=O) groups excluding carboxylic acids is 1. The minimum Gasteiger partial charge on any atom is -0.467 e. The Bertz CT molecular complexity index is 1290. The molecule has 4 heterocycles. The predicted molar refractivity (Wildman–Crippen MR) is 125 cm³/mol. The Morgan fingerprint density at radius 1 is 1.13 bits per heavy atom. The van der Waals surface area contributed by atoms with E-state index < -0.39 is 0 Å². The molecule has 0 aliphatic heterocycles. The molecule has 1 aromatic carbocycles. The van der Waals surface area contributed by atoms with Crippen molar-refractivity contribution in [3.8, 4) is 11.3 Å². The van der Waals surface area contributed by atoms with Crippen molar-refractivity contribution in [2.45, 2.75) is 13.0 Å². The standard InChI is InChI=1S/C23H18ClN3O2S2/c24-17-7-5-16(6-8-17)20-14-27-18(15-31-23(27)25-20)9-10-26(13-19-3-1-11-29-19)22(28)21-4-2-12-30-21/h1-8,11-12,14-15H,9-10,13H2. The molecule has 5 rings (SSSR count). The number of rotatable bonds is 7. The number of aromatic nitrogens is 2. The van der Waals surface area contributed by atoms with Crippen LogP contribution in [0.25, 0.3) is 16.2 Å². The van der Waals surface area contributed by atoms with Crippen LogP contribution >= 0.6 is 34.3 Å². The fraction of sp³-hybridized carbons (Fsp3) is 0.130. The smallest absolute Gasteiger partial charge is 0.264 e. The van der Waals surface area contributed by atoms with Crippen molar-refractivity contribution in [3.05, 3.63) is 93.1 Å². The van der Waals surface area contributed by atoms with Gasteiger partial charge in [0.1, 0.15) is 5.76 Å². The van der Waals surface area contributed by atoms with Gasteiger partial charge in [0.15, 0.2) is 4.96 Å². The minimum absolute atomic E-state index is 0.0188. The predicted octanol–water partition coefficient (Wildman–Crippen LogP) is 6.26. The summed E-state index contributed by atoms with van der Waals surface area (Å²) < 4.78 is 7.59. The number of amides is 1. The van der Waals surface area contributed by atoms with Crippen LogP contribution in [0.2, 0.25) is 5.02 Å². The summed E-state index contributed by atoms with van der Waals surface area (Å²) in [6.45, 7) is 1.02. The molecule has 0 spiro atoms. The van der Waals surface area contributed by atoms with E-state index in [9.17, 15) is 4.79 Å². The van der Waals surface area contributed by atoms with Crippen molar-refractivity contribution in [1.82, 2.24) is 14.3 Å². The second-order valence-corrected chi connectivity index (χ2v) is 9.27. The zero-order valence-electron chi connectivity index (χ0n) is 16.4. The number of thiazole rings is 1. The van der Waals surface area contributed by atoms with E-state index >= 15 is 0 Å². The number of hydrogen-bond acceptors (Lipinski definition) is 5. The highest BCUT2D eigenvalue weighted by molar-refractivity contribution is 7.15. The maximum Gasteiger partial charge on any atom is 0.264 e. The van der Waals surface area contributed by atoms with Crippen LogP contribution in [-0.2, 0) is 13.0 Å². The number of furan rings is 1. The topological polar surface area (TPSA) is 50.8 Å². The number of fused-ring (bicyclic) bond motifs is 1. The van der Waals surface area contributed by atoms with Crippen molar-refractivity contribution in [2.75, 3.05) is 6.54 Å². The molecule has 1 amide bonds. The largest absolute Gasteiger partial charge is 0.467 e. The van der Waals surface area contributed by atoms with Gasteiger partial charge >= 0.3 is 0 Å². The molecule has 0 unspecified atom stereocenters. The van der Waals surface area contributed by atoms with Crippen molar-refractivity contribution >= 4 is 45.1 Å². The van der Waals surface area contributed by atoms with Crippen LogP contribution in [0.5, 0.6) is 0 Å². The normalized spacial score (nSPS) is 11.3. The summed E-state index contributed by atoms with van der Waals surface area (Å²) in [7, 11) is 0. The van der Waals surface area contributed by atoms with Gasteiger partial charge in [-0.2, -0.15) is 0 Å². The molecule has 156 valence electrons. The van der Waals surface area contributed by atoms with E-state index in [1.54, 1.807) is 17.6 Å². The molecule has 0 N–H and O–H groups in total. The van der Waals surface area contributed by atoms with Crippen LogP contribution in [0.1, 0.15) is 21.1 Å². The summed E-state index contributed by atoms with van der Waals surface area (Å²) in [6.07, 6.45) is 4.39. The Kier molecular flexibility index (Phi) is 5.63. The Morgan fingerprint density at radius 3 is 2.74 bits per heavy atom. The molecule has 31 heavy (non-hydrogen) atoms. The quantitative estimate of drug-likeness (QED) is 0.284. The lowest BCUT2D eigenvalue weighted by molar-refractivity contribution is 0.0738. The van der Waals surface area contributed by atoms with E-state index in [1.807, 2.05) is 65.0 Å². The van der Waals surface area contributed by atoms with Crippen molar-refractivity contribution in [2.24, 2.45) is 0 Å². The van der Waals surface area contributed by atoms with E-state index in [1.165, 1.54) is 11.3 Å². The maximum absolute atomic E-state index is 13.0. The van der Waals surface area contributed by atoms with E-state index in [-0.39, 0.29) is 5.91 Å². The number of thiophene rings is 1. The van der Waals surface area contributed by atoms with Crippen LogP contribution in [0.4, 0.5) is 0 Å². The third kappa shape index (κ3) is 4.30. The van der Waals surface area contributed by atoms with Gasteiger partial charge in [0.25, 0.3) is 5.91 Å². The molecular formula is C23H18ClN3O2S2. The number of nitrogens with zero attached hydrogens (tertiary/aromatic N) is 3. The summed E-state index contributed by atoms with van der Waals surface area (Å²) in [5.74, 6) is 0.790. The summed E-state index contributed by atoms with van der Waals surface area (Å²) in [6, 6.07) is 15.2. The lowest BCUT2D eigenvalue weighted by Gasteiger charge is -2.21. The lowest BCUT2D eigenvalue weighted by atomic mass is 10.2. The van der Waals surface area contributed by atoms with Gasteiger partial charge in [-0.15, -0.1) is 22.7 Å². The summed E-state index contributed by atoms with van der Waals surface area (Å²) >= 11 is 9.06. The van der Waals surface area contributed by atoms with Crippen LogP contribution < -0.4 is 0 Å². The molecule has 0 aliphatic carbocycles. The van der Waals surface area contributed by atoms with Crippen LogP contribution in [-0.4, -0.2) is 26.7 Å². The Hall–Kier alpha value is -2.87. The van der Waals surface area contributed by atoms with Crippen LogP contribution in [0.3, 0.4) is 0 Å². The lowest BCUT2D eigenvalue weighted by Crippen LogP contribution is -2.32. The molecule has 5 aromatic rings. The second-order valence-electron chi connectivity index (χ2n) is 7.05. The van der Waals surface area contributed by atoms with Gasteiger partial charge in [0.2, 0.25) is 0 Å². The van der Waals surface area contributed by atoms with Crippen molar-refractivity contribution in [3.63, 3.8) is 0 Å². The molecule has 0 aliphatic rings. The maximum atomic E-state index is 13.0. The second kappa shape index (κ2) is 8.70. The first-order chi connectivity index (χ1) is 15.2. The van der Waals surface area contributed by atoms with E-state index in [0.29, 0.717) is 24.5 Å². The molecule has 0 fully saturated rings. The Labute approximate surface area is 192 Å². The highest BCUT2D eigenvalue weighted by atomic mass is 35.5. The molecule has 0 atom stereocenters. The van der Waals surface area contributed by atoms with Gasteiger partial charge in [-0.1, -0.05) is 29.8 Å². The zero-order chi connectivity index (χ0) is 21.2. The number of hydrogen-bond donors (Lipinski definition) is 0. The Morgan fingerprint density at radius 2 is 2.00 bits per heavy atom. The SMILES string of the molecule is O=C(c1cccs1)N(CCc1csc2nc(-c3ccc(Cl)cc3)cn12)Cc1ccco1. The fourth-order valence-corrected chi connectivity index (χ4v) is 5.14. The summed E-state index contributed by atoms with van der Waals surface area (Å²) in [5.41, 5.74) is 3.06. The first-order valence-electron chi connectivity index (χ1n) is 9.74. The number of imidazole rings is 1. The number of carbonyl (C=O) groups is 1. The van der Waals surface area contributed by atoms with Crippen LogP contribution in [0, 0.1) is 0 Å². The van der Waals surface area contributed by atoms with Crippen LogP contribution in [0.15, 0.2) is 76.2 Å². The first-order valence-corrected chi connectivity index (χ1v) is 11.9. The van der Waals surface area contributed by atoms with E-state index in [0.717, 1.165) is 32.5 Å². The molecular weight excluding hydrogens is 450 g/mol. The molecule has 0 radical (unpaired) electrons. The third-order valence-electron chi connectivity index (χ3n) is 5.01. The highest BCUT2D eigenvalue weighted by Gasteiger charge is 2.19. The first kappa shape index (κ1) is 20.1. The van der Waals surface area contributed by atoms with Gasteiger partial charge in [-0.3, -0.25) is 9.20 Å². The van der Waals surface area contributed by atoms with Gasteiger partial charge in [0.05, 0.1) is 23.4 Å².